The number of aryl methyl sites for hydroxylation is 2. The van der Waals surface area contributed by atoms with Crippen molar-refractivity contribution >= 4 is 16.8 Å². The normalized spacial score (nSPS) is 12.7. The van der Waals surface area contributed by atoms with Crippen LogP contribution < -0.4 is 5.32 Å². The minimum Gasteiger partial charge on any atom is -0.358 e. The number of hydrogen-bond donors (Lipinski definition) is 2. The number of fused-ring (bicyclic) bond motifs is 1. The highest BCUT2D eigenvalue weighted by Gasteiger charge is 2.18. The molecular formula is C15H20N2O. The maximum atomic E-state index is 12.3. The van der Waals surface area contributed by atoms with Gasteiger partial charge in [0.1, 0.15) is 0 Å². The Labute approximate surface area is 108 Å². The van der Waals surface area contributed by atoms with E-state index in [1.54, 1.807) is 0 Å². The summed E-state index contributed by atoms with van der Waals surface area (Å²) >= 11 is 0. The zero-order chi connectivity index (χ0) is 13.3. The third kappa shape index (κ3) is 2.13. The van der Waals surface area contributed by atoms with Gasteiger partial charge in [0.2, 0.25) is 0 Å². The summed E-state index contributed by atoms with van der Waals surface area (Å²) < 4.78 is 0. The predicted molar refractivity (Wildman–Crippen MR) is 75.0 cm³/mol. The number of amides is 1. The lowest BCUT2D eigenvalue weighted by Gasteiger charge is -2.11. The first-order valence-corrected chi connectivity index (χ1v) is 6.43. The molecule has 2 N–H and O–H groups in total. The van der Waals surface area contributed by atoms with Crippen LogP contribution in [0.5, 0.6) is 0 Å². The molecule has 0 spiro atoms. The van der Waals surface area contributed by atoms with Crippen LogP contribution in [-0.4, -0.2) is 16.9 Å². The molecule has 1 amide bonds. The molecule has 0 radical (unpaired) electrons. The number of rotatable bonds is 3. The number of H-pyrrole nitrogens is 1. The lowest BCUT2D eigenvalue weighted by Crippen LogP contribution is -2.32. The molecule has 1 unspecified atom stereocenters. The Bertz CT molecular complexity index is 583. The van der Waals surface area contributed by atoms with Crippen LogP contribution in [0.4, 0.5) is 0 Å². The van der Waals surface area contributed by atoms with Gasteiger partial charge in [0.05, 0.1) is 5.56 Å². The van der Waals surface area contributed by atoms with Gasteiger partial charge < -0.3 is 10.3 Å². The standard InChI is InChI=1S/C15H20N2O/c1-5-10(3)16-15(18)14-11(4)17-12-8-6-7-9(2)13(12)14/h6-8,10,17H,5H2,1-4H3,(H,16,18). The number of carbonyl (C=O) groups excluding carboxylic acids is 1. The van der Waals surface area contributed by atoms with Crippen LogP contribution in [0.2, 0.25) is 0 Å². The zero-order valence-electron chi connectivity index (χ0n) is 11.4. The van der Waals surface area contributed by atoms with Gasteiger partial charge in [0.15, 0.2) is 0 Å². The van der Waals surface area contributed by atoms with Gasteiger partial charge in [0, 0.05) is 22.6 Å². The minimum absolute atomic E-state index is 0.0161. The van der Waals surface area contributed by atoms with Crippen LogP contribution in [0.15, 0.2) is 18.2 Å². The maximum absolute atomic E-state index is 12.3. The van der Waals surface area contributed by atoms with Gasteiger partial charge in [-0.2, -0.15) is 0 Å². The predicted octanol–water partition coefficient (Wildman–Crippen LogP) is 3.31. The van der Waals surface area contributed by atoms with Crippen LogP contribution in [0.25, 0.3) is 10.9 Å². The summed E-state index contributed by atoms with van der Waals surface area (Å²) in [5.41, 5.74) is 3.87. The van der Waals surface area contributed by atoms with Crippen molar-refractivity contribution in [2.24, 2.45) is 0 Å². The summed E-state index contributed by atoms with van der Waals surface area (Å²) in [6, 6.07) is 6.25. The first-order chi connectivity index (χ1) is 8.54. The average molecular weight is 244 g/mol. The molecule has 0 bridgehead atoms. The number of aromatic nitrogens is 1. The molecule has 0 saturated carbocycles. The van der Waals surface area contributed by atoms with Crippen molar-refractivity contribution in [2.75, 3.05) is 0 Å². The van der Waals surface area contributed by atoms with Gasteiger partial charge in [-0.3, -0.25) is 4.79 Å². The summed E-state index contributed by atoms with van der Waals surface area (Å²) in [6.07, 6.45) is 0.937. The van der Waals surface area contributed by atoms with E-state index >= 15 is 0 Å². The van der Waals surface area contributed by atoms with Crippen LogP contribution in [0, 0.1) is 13.8 Å². The Balaban J connectivity index is 2.50. The molecule has 96 valence electrons. The highest BCUT2D eigenvalue weighted by atomic mass is 16.1. The highest BCUT2D eigenvalue weighted by Crippen LogP contribution is 2.25. The van der Waals surface area contributed by atoms with Gasteiger partial charge in [-0.25, -0.2) is 0 Å². The lowest BCUT2D eigenvalue weighted by molar-refractivity contribution is 0.0940. The lowest BCUT2D eigenvalue weighted by atomic mass is 10.0. The van der Waals surface area contributed by atoms with E-state index in [1.807, 2.05) is 39.0 Å². The molecule has 2 rings (SSSR count). The molecule has 1 heterocycles. The van der Waals surface area contributed by atoms with Gasteiger partial charge in [-0.05, 0) is 38.8 Å². The minimum atomic E-state index is 0.0161. The van der Waals surface area contributed by atoms with Crippen molar-refractivity contribution in [1.82, 2.24) is 10.3 Å². The van der Waals surface area contributed by atoms with Crippen molar-refractivity contribution in [1.29, 1.82) is 0 Å². The van der Waals surface area contributed by atoms with Crippen molar-refractivity contribution in [3.63, 3.8) is 0 Å². The van der Waals surface area contributed by atoms with Crippen LogP contribution >= 0.6 is 0 Å². The molecule has 0 aliphatic rings. The molecule has 0 aliphatic carbocycles. The number of aromatic amines is 1. The van der Waals surface area contributed by atoms with E-state index in [4.69, 9.17) is 0 Å². The molecule has 1 aromatic carbocycles. The number of carbonyl (C=O) groups is 1. The zero-order valence-corrected chi connectivity index (χ0v) is 11.4. The molecule has 1 aromatic heterocycles. The number of hydrogen-bond acceptors (Lipinski definition) is 1. The molecule has 1 atom stereocenters. The highest BCUT2D eigenvalue weighted by molar-refractivity contribution is 6.09. The van der Waals surface area contributed by atoms with Crippen LogP contribution in [0.3, 0.4) is 0 Å². The van der Waals surface area contributed by atoms with E-state index in [2.05, 4.69) is 17.2 Å². The van der Waals surface area contributed by atoms with Gasteiger partial charge in [-0.15, -0.1) is 0 Å². The van der Waals surface area contributed by atoms with Crippen molar-refractivity contribution in [3.8, 4) is 0 Å². The van der Waals surface area contributed by atoms with E-state index in [0.29, 0.717) is 0 Å². The van der Waals surface area contributed by atoms with E-state index in [1.165, 1.54) is 0 Å². The fourth-order valence-corrected chi connectivity index (χ4v) is 2.24. The second-order valence-corrected chi connectivity index (χ2v) is 4.91. The van der Waals surface area contributed by atoms with Crippen LogP contribution in [0.1, 0.15) is 41.9 Å². The van der Waals surface area contributed by atoms with E-state index in [-0.39, 0.29) is 11.9 Å². The molecule has 0 fully saturated rings. The molecule has 18 heavy (non-hydrogen) atoms. The molecule has 3 heteroatoms. The van der Waals surface area contributed by atoms with E-state index in [0.717, 1.165) is 34.1 Å². The monoisotopic (exact) mass is 244 g/mol. The second-order valence-electron chi connectivity index (χ2n) is 4.91. The molecule has 0 aliphatic heterocycles. The van der Waals surface area contributed by atoms with Gasteiger partial charge in [0.25, 0.3) is 5.91 Å². The summed E-state index contributed by atoms with van der Waals surface area (Å²) in [6.45, 7) is 8.08. The van der Waals surface area contributed by atoms with Crippen molar-refractivity contribution < 1.29 is 4.79 Å². The van der Waals surface area contributed by atoms with Crippen molar-refractivity contribution in [2.45, 2.75) is 40.2 Å². The topological polar surface area (TPSA) is 44.9 Å². The Kier molecular flexibility index (Phi) is 3.41. The smallest absolute Gasteiger partial charge is 0.253 e. The Hall–Kier alpha value is -1.77. The molecular weight excluding hydrogens is 224 g/mol. The number of benzene rings is 1. The van der Waals surface area contributed by atoms with E-state index < -0.39 is 0 Å². The molecule has 0 saturated heterocycles. The van der Waals surface area contributed by atoms with Crippen LogP contribution in [-0.2, 0) is 0 Å². The molecule has 3 nitrogen and oxygen atoms in total. The quantitative estimate of drug-likeness (QED) is 0.854. The fourth-order valence-electron chi connectivity index (χ4n) is 2.24. The average Bonchev–Trinajstić information content (AvgIpc) is 2.66. The second kappa shape index (κ2) is 4.84. The summed E-state index contributed by atoms with van der Waals surface area (Å²) in [5.74, 6) is 0.0161. The summed E-state index contributed by atoms with van der Waals surface area (Å²) in [4.78, 5) is 15.6. The first-order valence-electron chi connectivity index (χ1n) is 6.43. The van der Waals surface area contributed by atoms with E-state index in [9.17, 15) is 4.79 Å². The molecule has 2 aromatic rings. The number of nitrogens with one attached hydrogen (secondary N) is 2. The Morgan fingerprint density at radius 2 is 2.11 bits per heavy atom. The maximum Gasteiger partial charge on any atom is 0.253 e. The van der Waals surface area contributed by atoms with Gasteiger partial charge in [-0.1, -0.05) is 19.1 Å². The third-order valence-electron chi connectivity index (χ3n) is 3.44. The third-order valence-corrected chi connectivity index (χ3v) is 3.44. The summed E-state index contributed by atoms with van der Waals surface area (Å²) in [5, 5.41) is 4.07. The first kappa shape index (κ1) is 12.7. The Morgan fingerprint density at radius 1 is 1.39 bits per heavy atom. The fraction of sp³-hybridized carbons (Fsp3) is 0.400. The van der Waals surface area contributed by atoms with Gasteiger partial charge >= 0.3 is 0 Å². The summed E-state index contributed by atoms with van der Waals surface area (Å²) in [7, 11) is 0. The van der Waals surface area contributed by atoms with Crippen molar-refractivity contribution in [3.05, 3.63) is 35.0 Å². The SMILES string of the molecule is CCC(C)NC(=O)c1c(C)[nH]c2cccc(C)c12. The largest absolute Gasteiger partial charge is 0.358 e. The Morgan fingerprint density at radius 3 is 2.78 bits per heavy atom.